The Kier molecular flexibility index (Phi) is 6.07. The van der Waals surface area contributed by atoms with Crippen molar-refractivity contribution in [3.8, 4) is 0 Å². The number of halogens is 1. The number of hydrogen-bond donors (Lipinski definition) is 0. The number of hydrogen-bond acceptors (Lipinski definition) is 3. The molecule has 0 amide bonds. The van der Waals surface area contributed by atoms with Gasteiger partial charge < -0.3 is 4.57 Å². The van der Waals surface area contributed by atoms with Crippen LogP contribution in [-0.2, 0) is 4.57 Å². The maximum Gasteiger partial charge on any atom is 0.218 e. The molecule has 0 saturated carbocycles. The summed E-state index contributed by atoms with van der Waals surface area (Å²) in [5, 5.41) is 16.9. The van der Waals surface area contributed by atoms with Gasteiger partial charge in [0.05, 0.1) is 0 Å². The second kappa shape index (κ2) is 9.17. The van der Waals surface area contributed by atoms with Crippen molar-refractivity contribution in [2.75, 3.05) is 6.54 Å². The van der Waals surface area contributed by atoms with Crippen molar-refractivity contribution in [3.63, 3.8) is 0 Å². The molecule has 0 fully saturated rings. The molecule has 0 saturated heterocycles. The first kappa shape index (κ1) is 22.5. The van der Waals surface area contributed by atoms with E-state index in [1.165, 1.54) is 0 Å². The van der Waals surface area contributed by atoms with Crippen molar-refractivity contribution in [3.05, 3.63) is 129 Å². The predicted molar refractivity (Wildman–Crippen MR) is 144 cm³/mol. The van der Waals surface area contributed by atoms with Crippen LogP contribution < -0.4 is 10.6 Å². The van der Waals surface area contributed by atoms with Gasteiger partial charge >= 0.3 is 0 Å². The SMILES string of the molecule is O=[N+]([O-])C[C@@H](c1ccc(Br)cc1)P(=O)(c1cccc2ccccc12)c1cccc2ccccc12. The highest BCUT2D eigenvalue weighted by atomic mass is 79.9. The Bertz CT molecular complexity index is 1470. The van der Waals surface area contributed by atoms with Gasteiger partial charge in [-0.2, -0.15) is 0 Å². The second-order valence-electron chi connectivity index (χ2n) is 8.24. The Morgan fingerprint density at radius 1 is 0.706 bits per heavy atom. The van der Waals surface area contributed by atoms with E-state index in [0.29, 0.717) is 16.2 Å². The van der Waals surface area contributed by atoms with E-state index in [1.54, 1.807) is 0 Å². The van der Waals surface area contributed by atoms with Crippen molar-refractivity contribution in [2.45, 2.75) is 5.66 Å². The first-order valence-corrected chi connectivity index (χ1v) is 13.5. The molecule has 5 aromatic rings. The summed E-state index contributed by atoms with van der Waals surface area (Å²) in [6, 6.07) is 34.4. The monoisotopic (exact) mass is 529 g/mol. The molecule has 4 nitrogen and oxygen atoms in total. The van der Waals surface area contributed by atoms with Gasteiger partial charge in [0.15, 0.2) is 7.14 Å². The zero-order valence-corrected chi connectivity index (χ0v) is 20.7. The third-order valence-electron chi connectivity index (χ3n) is 6.26. The molecule has 5 aromatic carbocycles. The van der Waals surface area contributed by atoms with Crippen LogP contribution in [0.15, 0.2) is 114 Å². The first-order chi connectivity index (χ1) is 16.5. The summed E-state index contributed by atoms with van der Waals surface area (Å²) in [5.74, 6) is 0. The van der Waals surface area contributed by atoms with E-state index in [-0.39, 0.29) is 4.92 Å². The van der Waals surface area contributed by atoms with Crippen molar-refractivity contribution in [2.24, 2.45) is 0 Å². The van der Waals surface area contributed by atoms with Gasteiger partial charge in [0.2, 0.25) is 6.54 Å². The van der Waals surface area contributed by atoms with Crippen LogP contribution >= 0.6 is 23.1 Å². The predicted octanol–water partition coefficient (Wildman–Crippen LogP) is 7.09. The summed E-state index contributed by atoms with van der Waals surface area (Å²) in [6.07, 6.45) is 0. The Morgan fingerprint density at radius 3 is 1.68 bits per heavy atom. The van der Waals surface area contributed by atoms with Crippen LogP contribution in [-0.4, -0.2) is 11.5 Å². The number of nitrogens with zero attached hydrogens (tertiary/aromatic N) is 1. The van der Waals surface area contributed by atoms with Gasteiger partial charge in [0, 0.05) is 20.0 Å². The standard InChI is InChI=1S/C28H21BrNO3P/c29-23-17-15-22(16-18-23)28(19-30(31)32)34(33,26-13-5-9-20-7-1-3-11-24(20)26)27-14-6-10-21-8-2-4-12-25(21)27/h1-18,28H,19H2/t28-/m0/s1. The van der Waals surface area contributed by atoms with Crippen LogP contribution in [0, 0.1) is 10.1 Å². The highest BCUT2D eigenvalue weighted by Gasteiger charge is 2.42. The van der Waals surface area contributed by atoms with Gasteiger partial charge in [-0.3, -0.25) is 10.1 Å². The van der Waals surface area contributed by atoms with Crippen molar-refractivity contribution in [1.82, 2.24) is 0 Å². The average Bonchev–Trinajstić information content (AvgIpc) is 2.86. The second-order valence-corrected chi connectivity index (χ2v) is 12.1. The summed E-state index contributed by atoms with van der Waals surface area (Å²) >= 11 is 3.45. The van der Waals surface area contributed by atoms with Crippen LogP contribution in [0.5, 0.6) is 0 Å². The van der Waals surface area contributed by atoms with Crippen LogP contribution in [0.3, 0.4) is 0 Å². The molecule has 0 spiro atoms. The van der Waals surface area contributed by atoms with E-state index < -0.39 is 19.3 Å². The molecule has 6 heteroatoms. The van der Waals surface area contributed by atoms with E-state index in [1.807, 2.05) is 109 Å². The maximum absolute atomic E-state index is 15.6. The zero-order chi connectivity index (χ0) is 23.7. The topological polar surface area (TPSA) is 60.2 Å². The summed E-state index contributed by atoms with van der Waals surface area (Å²) in [6.45, 7) is -0.439. The molecule has 34 heavy (non-hydrogen) atoms. The van der Waals surface area contributed by atoms with E-state index in [9.17, 15) is 10.1 Å². The minimum atomic E-state index is -3.57. The fourth-order valence-electron chi connectivity index (χ4n) is 4.72. The first-order valence-electron chi connectivity index (χ1n) is 10.9. The number of fused-ring (bicyclic) bond motifs is 2. The molecule has 0 N–H and O–H groups in total. The Morgan fingerprint density at radius 2 is 1.18 bits per heavy atom. The fourth-order valence-corrected chi connectivity index (χ4v) is 8.61. The highest BCUT2D eigenvalue weighted by molar-refractivity contribution is 9.10. The van der Waals surface area contributed by atoms with Gasteiger partial charge in [-0.15, -0.1) is 0 Å². The minimum absolute atomic E-state index is 0.352. The number of nitro groups is 1. The molecule has 0 aliphatic carbocycles. The van der Waals surface area contributed by atoms with Gasteiger partial charge in [-0.05, 0) is 39.2 Å². The third kappa shape index (κ3) is 3.96. The lowest BCUT2D eigenvalue weighted by Crippen LogP contribution is -2.27. The molecule has 0 aromatic heterocycles. The Labute approximate surface area is 205 Å². The zero-order valence-electron chi connectivity index (χ0n) is 18.2. The van der Waals surface area contributed by atoms with E-state index in [0.717, 1.165) is 26.0 Å². The fraction of sp³-hybridized carbons (Fsp3) is 0.0714. The molecule has 5 rings (SSSR count). The van der Waals surface area contributed by atoms with Gasteiger partial charge in [-0.25, -0.2) is 0 Å². The van der Waals surface area contributed by atoms with Crippen LogP contribution in [0.2, 0.25) is 0 Å². The van der Waals surface area contributed by atoms with Crippen LogP contribution in [0.1, 0.15) is 11.2 Å². The Hall–Kier alpha value is -3.27. The smallest absolute Gasteiger partial charge is 0.218 e. The van der Waals surface area contributed by atoms with Gasteiger partial charge in [0.1, 0.15) is 5.66 Å². The lowest BCUT2D eigenvalue weighted by atomic mass is 10.1. The minimum Gasteiger partial charge on any atom is -0.313 e. The molecule has 168 valence electrons. The van der Waals surface area contributed by atoms with E-state index >= 15 is 4.57 Å². The molecule has 0 aliphatic heterocycles. The quantitative estimate of drug-likeness (QED) is 0.134. The third-order valence-corrected chi connectivity index (χ3v) is 10.3. The van der Waals surface area contributed by atoms with Crippen molar-refractivity contribution < 1.29 is 9.49 Å². The molecule has 0 aliphatic rings. The molecule has 0 unspecified atom stereocenters. The molecular weight excluding hydrogens is 509 g/mol. The number of benzene rings is 5. The lowest BCUT2D eigenvalue weighted by Gasteiger charge is -2.29. The normalized spacial score (nSPS) is 12.6. The summed E-state index contributed by atoms with van der Waals surface area (Å²) in [7, 11) is -3.57. The molecule has 0 bridgehead atoms. The number of rotatable bonds is 6. The van der Waals surface area contributed by atoms with E-state index in [4.69, 9.17) is 0 Å². The summed E-state index contributed by atoms with van der Waals surface area (Å²) < 4.78 is 16.5. The summed E-state index contributed by atoms with van der Waals surface area (Å²) in [4.78, 5) is 11.6. The molecule has 1 atom stereocenters. The molecular formula is C28H21BrNO3P. The lowest BCUT2D eigenvalue weighted by molar-refractivity contribution is -0.480. The van der Waals surface area contributed by atoms with Gasteiger partial charge in [0.25, 0.3) is 0 Å². The highest BCUT2D eigenvalue weighted by Crippen LogP contribution is 2.59. The molecule has 0 radical (unpaired) electrons. The summed E-state index contributed by atoms with van der Waals surface area (Å²) in [5.41, 5.74) is -0.142. The van der Waals surface area contributed by atoms with Crippen molar-refractivity contribution in [1.29, 1.82) is 0 Å². The maximum atomic E-state index is 15.6. The van der Waals surface area contributed by atoms with Crippen LogP contribution in [0.25, 0.3) is 21.5 Å². The van der Waals surface area contributed by atoms with Gasteiger partial charge in [-0.1, -0.05) is 113 Å². The largest absolute Gasteiger partial charge is 0.313 e. The molecule has 0 heterocycles. The average molecular weight is 530 g/mol. The van der Waals surface area contributed by atoms with Crippen molar-refractivity contribution >= 4 is 55.2 Å². The van der Waals surface area contributed by atoms with Crippen LogP contribution in [0.4, 0.5) is 0 Å². The Balaban J connectivity index is 1.91. The van der Waals surface area contributed by atoms with E-state index in [2.05, 4.69) is 15.9 Å².